The Balaban J connectivity index is 1.93. The van der Waals surface area contributed by atoms with E-state index in [2.05, 4.69) is 10.2 Å². The SMILES string of the molecule is CN(C)C(=O)C(Sc1nnc(-c2cccs2)n1N)c1ccccc1. The normalized spacial score (nSPS) is 12.1. The second-order valence-electron chi connectivity index (χ2n) is 5.29. The van der Waals surface area contributed by atoms with Gasteiger partial charge in [0.2, 0.25) is 11.1 Å². The van der Waals surface area contributed by atoms with Crippen molar-refractivity contribution in [3.05, 3.63) is 53.4 Å². The molecule has 2 aromatic heterocycles. The summed E-state index contributed by atoms with van der Waals surface area (Å²) in [5.74, 6) is 6.72. The predicted molar refractivity (Wildman–Crippen MR) is 97.2 cm³/mol. The maximum Gasteiger partial charge on any atom is 0.240 e. The van der Waals surface area contributed by atoms with Crippen molar-refractivity contribution >= 4 is 29.0 Å². The first kappa shape index (κ1) is 16.5. The van der Waals surface area contributed by atoms with Crippen LogP contribution in [0.2, 0.25) is 0 Å². The summed E-state index contributed by atoms with van der Waals surface area (Å²) in [4.78, 5) is 15.1. The zero-order valence-electron chi connectivity index (χ0n) is 13.3. The lowest BCUT2D eigenvalue weighted by atomic mass is 10.1. The third-order valence-corrected chi connectivity index (χ3v) is 5.46. The van der Waals surface area contributed by atoms with E-state index in [1.807, 2.05) is 47.8 Å². The van der Waals surface area contributed by atoms with E-state index in [-0.39, 0.29) is 5.91 Å². The van der Waals surface area contributed by atoms with Gasteiger partial charge in [-0.1, -0.05) is 48.2 Å². The third kappa shape index (κ3) is 3.29. The average molecular weight is 359 g/mol. The fourth-order valence-electron chi connectivity index (χ4n) is 2.16. The summed E-state index contributed by atoms with van der Waals surface area (Å²) >= 11 is 2.84. The lowest BCUT2D eigenvalue weighted by molar-refractivity contribution is -0.128. The Morgan fingerprint density at radius 2 is 1.96 bits per heavy atom. The molecule has 1 unspecified atom stereocenters. The van der Waals surface area contributed by atoms with Gasteiger partial charge in [0.15, 0.2) is 5.82 Å². The molecule has 3 aromatic rings. The van der Waals surface area contributed by atoms with Crippen molar-refractivity contribution in [2.45, 2.75) is 10.4 Å². The number of nitrogen functional groups attached to an aromatic ring is 1. The van der Waals surface area contributed by atoms with Crippen LogP contribution in [0.15, 0.2) is 53.0 Å². The Morgan fingerprint density at radius 1 is 1.21 bits per heavy atom. The van der Waals surface area contributed by atoms with Gasteiger partial charge in [-0.3, -0.25) is 4.79 Å². The minimum atomic E-state index is -0.427. The number of amides is 1. The predicted octanol–water partition coefficient (Wildman–Crippen LogP) is 2.64. The van der Waals surface area contributed by atoms with E-state index in [1.165, 1.54) is 16.4 Å². The van der Waals surface area contributed by atoms with Gasteiger partial charge >= 0.3 is 0 Å². The van der Waals surface area contributed by atoms with Crippen LogP contribution in [0, 0.1) is 0 Å². The molecule has 2 N–H and O–H groups in total. The van der Waals surface area contributed by atoms with Gasteiger partial charge in [-0.2, -0.15) is 0 Å². The van der Waals surface area contributed by atoms with Crippen LogP contribution in [-0.2, 0) is 4.79 Å². The molecule has 0 saturated carbocycles. The number of nitrogens with zero attached hydrogens (tertiary/aromatic N) is 4. The number of nitrogens with two attached hydrogens (primary N) is 1. The summed E-state index contributed by atoms with van der Waals surface area (Å²) in [6.07, 6.45) is 0. The Bertz CT molecular complexity index is 814. The number of rotatable bonds is 5. The van der Waals surface area contributed by atoms with E-state index in [0.717, 1.165) is 10.4 Å². The molecular weight excluding hydrogens is 342 g/mol. The molecule has 0 saturated heterocycles. The smallest absolute Gasteiger partial charge is 0.240 e. The third-order valence-electron chi connectivity index (χ3n) is 3.40. The maximum absolute atomic E-state index is 12.6. The van der Waals surface area contributed by atoms with Crippen LogP contribution in [0.25, 0.3) is 10.7 Å². The van der Waals surface area contributed by atoms with Crippen molar-refractivity contribution in [3.8, 4) is 10.7 Å². The molecule has 0 aliphatic carbocycles. The zero-order valence-corrected chi connectivity index (χ0v) is 14.9. The first-order chi connectivity index (χ1) is 11.6. The Hall–Kier alpha value is -2.32. The summed E-state index contributed by atoms with van der Waals surface area (Å²) in [5, 5.41) is 10.4. The molecule has 8 heteroatoms. The van der Waals surface area contributed by atoms with Gasteiger partial charge in [0, 0.05) is 14.1 Å². The molecule has 0 aliphatic rings. The van der Waals surface area contributed by atoms with Crippen LogP contribution < -0.4 is 5.84 Å². The van der Waals surface area contributed by atoms with Crippen molar-refractivity contribution < 1.29 is 4.79 Å². The number of aromatic nitrogens is 3. The lowest BCUT2D eigenvalue weighted by Crippen LogP contribution is -2.27. The summed E-state index contributed by atoms with van der Waals surface area (Å²) in [6, 6.07) is 13.5. The molecule has 124 valence electrons. The highest BCUT2D eigenvalue weighted by Crippen LogP contribution is 2.36. The quantitative estimate of drug-likeness (QED) is 0.560. The molecule has 0 aliphatic heterocycles. The molecule has 3 rings (SSSR count). The standard InChI is InChI=1S/C16H17N5OS2/c1-20(2)15(22)13(11-7-4-3-5-8-11)24-16-19-18-14(21(16)17)12-9-6-10-23-12/h3-10,13H,17H2,1-2H3. The first-order valence-electron chi connectivity index (χ1n) is 7.25. The lowest BCUT2D eigenvalue weighted by Gasteiger charge is -2.19. The van der Waals surface area contributed by atoms with Crippen molar-refractivity contribution in [1.82, 2.24) is 19.8 Å². The highest BCUT2D eigenvalue weighted by atomic mass is 32.2. The fourth-order valence-corrected chi connectivity index (χ4v) is 3.97. The van der Waals surface area contributed by atoms with Crippen molar-refractivity contribution in [2.24, 2.45) is 0 Å². The Morgan fingerprint density at radius 3 is 2.58 bits per heavy atom. The first-order valence-corrected chi connectivity index (χ1v) is 9.01. The highest BCUT2D eigenvalue weighted by Gasteiger charge is 2.26. The van der Waals surface area contributed by atoms with Gasteiger partial charge < -0.3 is 10.7 Å². The number of thiophene rings is 1. The van der Waals surface area contributed by atoms with Gasteiger partial charge in [0.1, 0.15) is 5.25 Å². The molecule has 6 nitrogen and oxygen atoms in total. The summed E-state index contributed by atoms with van der Waals surface area (Å²) in [7, 11) is 3.48. The number of hydrogen-bond donors (Lipinski definition) is 1. The molecular formula is C16H17N5OS2. The van der Waals surface area contributed by atoms with E-state index in [1.54, 1.807) is 30.3 Å². The van der Waals surface area contributed by atoms with Crippen LogP contribution in [0.1, 0.15) is 10.8 Å². The van der Waals surface area contributed by atoms with E-state index in [9.17, 15) is 4.79 Å². The molecule has 1 atom stereocenters. The van der Waals surface area contributed by atoms with Crippen LogP contribution >= 0.6 is 23.1 Å². The van der Waals surface area contributed by atoms with E-state index in [4.69, 9.17) is 5.84 Å². The van der Waals surface area contributed by atoms with Gasteiger partial charge in [0.25, 0.3) is 0 Å². The molecule has 1 aromatic carbocycles. The minimum Gasteiger partial charge on any atom is -0.348 e. The largest absolute Gasteiger partial charge is 0.348 e. The number of carbonyl (C=O) groups is 1. The van der Waals surface area contributed by atoms with E-state index < -0.39 is 5.25 Å². The van der Waals surface area contributed by atoms with E-state index >= 15 is 0 Å². The van der Waals surface area contributed by atoms with Crippen LogP contribution in [-0.4, -0.2) is 39.8 Å². The summed E-state index contributed by atoms with van der Waals surface area (Å²) in [5.41, 5.74) is 0.905. The molecule has 24 heavy (non-hydrogen) atoms. The van der Waals surface area contributed by atoms with Gasteiger partial charge in [0.05, 0.1) is 4.88 Å². The van der Waals surface area contributed by atoms with Gasteiger partial charge in [-0.25, -0.2) is 4.68 Å². The molecule has 0 bridgehead atoms. The van der Waals surface area contributed by atoms with E-state index in [0.29, 0.717) is 11.0 Å². The van der Waals surface area contributed by atoms with Gasteiger partial charge in [-0.05, 0) is 17.0 Å². The van der Waals surface area contributed by atoms with Crippen LogP contribution in [0.4, 0.5) is 0 Å². The number of benzene rings is 1. The zero-order chi connectivity index (χ0) is 17.1. The molecule has 2 heterocycles. The van der Waals surface area contributed by atoms with Crippen molar-refractivity contribution in [2.75, 3.05) is 19.9 Å². The van der Waals surface area contributed by atoms with Crippen LogP contribution in [0.3, 0.4) is 0 Å². The van der Waals surface area contributed by atoms with Crippen molar-refractivity contribution in [1.29, 1.82) is 0 Å². The minimum absolute atomic E-state index is 0.0214. The fraction of sp³-hybridized carbons (Fsp3) is 0.188. The van der Waals surface area contributed by atoms with Gasteiger partial charge in [-0.15, -0.1) is 21.5 Å². The number of thioether (sulfide) groups is 1. The Kier molecular flexibility index (Phi) is 4.86. The number of carbonyl (C=O) groups excluding carboxylic acids is 1. The maximum atomic E-state index is 12.6. The molecule has 0 radical (unpaired) electrons. The second-order valence-corrected chi connectivity index (χ2v) is 7.31. The molecule has 1 amide bonds. The Labute approximate surface area is 148 Å². The topological polar surface area (TPSA) is 77.0 Å². The number of hydrogen-bond acceptors (Lipinski definition) is 6. The van der Waals surface area contributed by atoms with Crippen molar-refractivity contribution in [3.63, 3.8) is 0 Å². The summed E-state index contributed by atoms with van der Waals surface area (Å²) < 4.78 is 1.44. The number of likely N-dealkylation sites (N-methyl/N-ethyl adjacent to an activating group) is 1. The average Bonchev–Trinajstić information content (AvgIpc) is 3.23. The molecule has 0 spiro atoms. The monoisotopic (exact) mass is 359 g/mol. The van der Waals surface area contributed by atoms with Crippen LogP contribution in [0.5, 0.6) is 0 Å². The molecule has 0 fully saturated rings. The summed E-state index contributed by atoms with van der Waals surface area (Å²) in [6.45, 7) is 0. The highest BCUT2D eigenvalue weighted by molar-refractivity contribution is 8.00. The second kappa shape index (κ2) is 7.06.